The number of nitrogens with zero attached hydrogens (tertiary/aromatic N) is 2. The van der Waals surface area contributed by atoms with Crippen molar-refractivity contribution < 1.29 is 18.4 Å². The van der Waals surface area contributed by atoms with E-state index in [2.05, 4.69) is 0 Å². The summed E-state index contributed by atoms with van der Waals surface area (Å²) in [6, 6.07) is 0. The van der Waals surface area contributed by atoms with E-state index >= 15 is 0 Å². The molecule has 100 valence electrons. The summed E-state index contributed by atoms with van der Waals surface area (Å²) in [5.74, 6) is 0.295. The second-order valence-electron chi connectivity index (χ2n) is 4.93. The van der Waals surface area contributed by atoms with Gasteiger partial charge in [0.2, 0.25) is 10.0 Å². The lowest BCUT2D eigenvalue weighted by Gasteiger charge is -2.32. The van der Waals surface area contributed by atoms with Crippen molar-refractivity contribution >= 4 is 10.0 Å². The lowest BCUT2D eigenvalue weighted by molar-refractivity contribution is -0.121. The van der Waals surface area contributed by atoms with Crippen LogP contribution in [0.15, 0.2) is 0 Å². The van der Waals surface area contributed by atoms with Crippen LogP contribution in [0, 0.1) is 5.92 Å². The second kappa shape index (κ2) is 5.19. The summed E-state index contributed by atoms with van der Waals surface area (Å²) in [5.41, 5.74) is 0. The molecule has 2 rings (SSSR count). The standard InChI is InChI=1S/C10H20N2O4S/c1-17(14,15)12-4-2-3-9(6-12)5-11-7-10(13)8-16-11/h9-10,13H,2-8H2,1H3. The summed E-state index contributed by atoms with van der Waals surface area (Å²) in [6.07, 6.45) is 2.76. The van der Waals surface area contributed by atoms with Gasteiger partial charge in [-0.3, -0.25) is 4.84 Å². The number of piperidine rings is 1. The van der Waals surface area contributed by atoms with E-state index in [1.165, 1.54) is 10.6 Å². The van der Waals surface area contributed by atoms with Crippen LogP contribution in [0.3, 0.4) is 0 Å². The second-order valence-corrected chi connectivity index (χ2v) is 6.91. The Morgan fingerprint density at radius 1 is 1.41 bits per heavy atom. The minimum Gasteiger partial charge on any atom is -0.389 e. The third-order valence-corrected chi connectivity index (χ3v) is 4.55. The van der Waals surface area contributed by atoms with Gasteiger partial charge in [-0.25, -0.2) is 12.7 Å². The molecule has 7 heteroatoms. The highest BCUT2D eigenvalue weighted by atomic mass is 32.2. The quantitative estimate of drug-likeness (QED) is 0.727. The zero-order valence-corrected chi connectivity index (χ0v) is 10.9. The summed E-state index contributed by atoms with van der Waals surface area (Å²) in [4.78, 5) is 5.30. The lowest BCUT2D eigenvalue weighted by Crippen LogP contribution is -2.42. The highest BCUT2D eigenvalue weighted by molar-refractivity contribution is 7.88. The van der Waals surface area contributed by atoms with Gasteiger partial charge in [-0.05, 0) is 18.8 Å². The molecule has 1 N–H and O–H groups in total. The molecule has 17 heavy (non-hydrogen) atoms. The van der Waals surface area contributed by atoms with Gasteiger partial charge in [0.15, 0.2) is 0 Å². The summed E-state index contributed by atoms with van der Waals surface area (Å²) in [7, 11) is -3.08. The van der Waals surface area contributed by atoms with E-state index in [4.69, 9.17) is 4.84 Å². The fraction of sp³-hybridized carbons (Fsp3) is 1.00. The van der Waals surface area contributed by atoms with E-state index in [1.807, 2.05) is 0 Å². The molecule has 2 atom stereocenters. The predicted octanol–water partition coefficient (Wildman–Crippen LogP) is -0.734. The Bertz CT molecular complexity index is 359. The van der Waals surface area contributed by atoms with Crippen LogP contribution in [0.5, 0.6) is 0 Å². The summed E-state index contributed by atoms with van der Waals surface area (Å²) >= 11 is 0. The van der Waals surface area contributed by atoms with Gasteiger partial charge in [0.1, 0.15) is 0 Å². The third kappa shape index (κ3) is 3.62. The number of hydroxylamine groups is 2. The number of rotatable bonds is 3. The summed E-state index contributed by atoms with van der Waals surface area (Å²) < 4.78 is 24.5. The van der Waals surface area contributed by atoms with E-state index in [0.717, 1.165) is 12.8 Å². The topological polar surface area (TPSA) is 70.1 Å². The molecular formula is C10H20N2O4S. The van der Waals surface area contributed by atoms with Gasteiger partial charge in [-0.1, -0.05) is 0 Å². The molecule has 0 aliphatic carbocycles. The first-order valence-electron chi connectivity index (χ1n) is 5.96. The SMILES string of the molecule is CS(=O)(=O)N1CCCC(CN2CC(O)CO2)C1. The van der Waals surface area contributed by atoms with Gasteiger partial charge in [-0.15, -0.1) is 0 Å². The first kappa shape index (κ1) is 13.2. The Morgan fingerprint density at radius 2 is 2.18 bits per heavy atom. The van der Waals surface area contributed by atoms with Crippen molar-refractivity contribution in [1.29, 1.82) is 0 Å². The molecule has 0 bridgehead atoms. The molecule has 2 fully saturated rings. The largest absolute Gasteiger partial charge is 0.389 e. The van der Waals surface area contributed by atoms with Gasteiger partial charge in [0.25, 0.3) is 0 Å². The van der Waals surface area contributed by atoms with Gasteiger partial charge in [0.05, 0.1) is 25.5 Å². The molecule has 0 aromatic heterocycles. The normalized spacial score (nSPS) is 33.1. The highest BCUT2D eigenvalue weighted by Gasteiger charge is 2.29. The maximum Gasteiger partial charge on any atom is 0.211 e. The van der Waals surface area contributed by atoms with Gasteiger partial charge in [-0.2, -0.15) is 5.06 Å². The van der Waals surface area contributed by atoms with Gasteiger partial charge < -0.3 is 5.11 Å². The molecule has 0 radical (unpaired) electrons. The lowest BCUT2D eigenvalue weighted by atomic mass is 9.99. The zero-order chi connectivity index (χ0) is 12.5. The molecule has 2 aliphatic rings. The Hall–Kier alpha value is -0.210. The summed E-state index contributed by atoms with van der Waals surface area (Å²) in [5, 5.41) is 11.1. The van der Waals surface area contributed by atoms with E-state index in [9.17, 15) is 13.5 Å². The van der Waals surface area contributed by atoms with Crippen LogP contribution in [0.4, 0.5) is 0 Å². The maximum atomic E-state index is 11.5. The van der Waals surface area contributed by atoms with Crippen LogP contribution >= 0.6 is 0 Å². The fourth-order valence-corrected chi connectivity index (χ4v) is 3.37. The molecule has 6 nitrogen and oxygen atoms in total. The third-order valence-electron chi connectivity index (χ3n) is 3.28. The molecule has 2 heterocycles. The van der Waals surface area contributed by atoms with E-state index in [0.29, 0.717) is 38.7 Å². The number of sulfonamides is 1. The highest BCUT2D eigenvalue weighted by Crippen LogP contribution is 2.21. The van der Waals surface area contributed by atoms with Crippen LogP contribution in [0.1, 0.15) is 12.8 Å². The first-order valence-corrected chi connectivity index (χ1v) is 7.81. The molecule has 0 spiro atoms. The van der Waals surface area contributed by atoms with E-state index < -0.39 is 16.1 Å². The molecule has 0 aromatic carbocycles. The van der Waals surface area contributed by atoms with Gasteiger partial charge >= 0.3 is 0 Å². The molecule has 2 aliphatic heterocycles. The Morgan fingerprint density at radius 3 is 2.76 bits per heavy atom. The molecular weight excluding hydrogens is 244 g/mol. The average molecular weight is 264 g/mol. The van der Waals surface area contributed by atoms with Crippen molar-refractivity contribution in [3.63, 3.8) is 0 Å². The minimum absolute atomic E-state index is 0.295. The monoisotopic (exact) mass is 264 g/mol. The fourth-order valence-electron chi connectivity index (χ4n) is 2.42. The van der Waals surface area contributed by atoms with Crippen molar-refractivity contribution in [3.8, 4) is 0 Å². The molecule has 0 amide bonds. The van der Waals surface area contributed by atoms with Crippen molar-refractivity contribution in [1.82, 2.24) is 9.37 Å². The number of aliphatic hydroxyl groups is 1. The van der Waals surface area contributed by atoms with Crippen molar-refractivity contribution in [3.05, 3.63) is 0 Å². The number of β-amino-alcohol motifs (C(OH)–C–C–N with tert-alkyl or cyclic N) is 1. The zero-order valence-electron chi connectivity index (χ0n) is 10.1. The van der Waals surface area contributed by atoms with Crippen LogP contribution in [-0.2, 0) is 14.9 Å². The summed E-state index contributed by atoms with van der Waals surface area (Å²) in [6.45, 7) is 2.76. The van der Waals surface area contributed by atoms with Crippen molar-refractivity contribution in [2.45, 2.75) is 18.9 Å². The van der Waals surface area contributed by atoms with E-state index in [1.54, 1.807) is 5.06 Å². The Kier molecular flexibility index (Phi) is 4.04. The predicted molar refractivity (Wildman–Crippen MR) is 62.7 cm³/mol. The Balaban J connectivity index is 1.85. The average Bonchev–Trinajstić information content (AvgIpc) is 2.63. The Labute approximate surface area is 102 Å². The molecule has 2 unspecified atom stereocenters. The van der Waals surface area contributed by atoms with Crippen LogP contribution in [0.25, 0.3) is 0 Å². The van der Waals surface area contributed by atoms with Crippen molar-refractivity contribution in [2.75, 3.05) is 39.0 Å². The number of hydrogen-bond donors (Lipinski definition) is 1. The van der Waals surface area contributed by atoms with E-state index in [-0.39, 0.29) is 0 Å². The van der Waals surface area contributed by atoms with Crippen LogP contribution < -0.4 is 0 Å². The van der Waals surface area contributed by atoms with Crippen molar-refractivity contribution in [2.24, 2.45) is 5.92 Å². The first-order chi connectivity index (χ1) is 7.95. The van der Waals surface area contributed by atoms with Crippen LogP contribution in [0.2, 0.25) is 0 Å². The number of hydrogen-bond acceptors (Lipinski definition) is 5. The molecule has 0 saturated carbocycles. The minimum atomic E-state index is -3.08. The smallest absolute Gasteiger partial charge is 0.211 e. The van der Waals surface area contributed by atoms with Gasteiger partial charge in [0, 0.05) is 19.6 Å². The molecule has 2 saturated heterocycles. The maximum absolute atomic E-state index is 11.5. The van der Waals surface area contributed by atoms with Crippen LogP contribution in [-0.4, -0.2) is 68.0 Å². The number of aliphatic hydroxyl groups excluding tert-OH is 1. The molecule has 0 aromatic rings.